The Kier molecular flexibility index (Phi) is 33.8. The zero-order chi connectivity index (χ0) is 35.2. The SMILES string of the molecule is CC/C=C\C/C=C\C/C=C\C/C=C\C/C=C\CC(=O)OC(CCC/C=C\C/C=C\CCCCC)CCCCCCCC(=O)NCC(=O)O. The molecule has 2 N–H and O–H groups in total. The van der Waals surface area contributed by atoms with Crippen LogP contribution in [-0.4, -0.2) is 35.6 Å². The van der Waals surface area contributed by atoms with Gasteiger partial charge >= 0.3 is 11.9 Å². The van der Waals surface area contributed by atoms with Crippen LogP contribution in [0.1, 0.15) is 149 Å². The zero-order valence-electron chi connectivity index (χ0n) is 30.3. The molecular formula is C42H67NO5. The van der Waals surface area contributed by atoms with Gasteiger partial charge in [0, 0.05) is 6.42 Å². The van der Waals surface area contributed by atoms with Crippen LogP contribution in [0.2, 0.25) is 0 Å². The van der Waals surface area contributed by atoms with Gasteiger partial charge < -0.3 is 15.2 Å². The second kappa shape index (κ2) is 36.4. The van der Waals surface area contributed by atoms with Crippen LogP contribution in [0, 0.1) is 0 Å². The lowest BCUT2D eigenvalue weighted by molar-refractivity contribution is -0.148. The molecule has 0 saturated carbocycles. The van der Waals surface area contributed by atoms with Crippen molar-refractivity contribution in [1.29, 1.82) is 0 Å². The number of unbranched alkanes of at least 4 members (excludes halogenated alkanes) is 8. The van der Waals surface area contributed by atoms with Gasteiger partial charge in [-0.15, -0.1) is 0 Å². The lowest BCUT2D eigenvalue weighted by Crippen LogP contribution is -2.28. The number of carbonyl (C=O) groups is 3. The molecule has 0 radical (unpaired) electrons. The Balaban J connectivity index is 4.44. The third kappa shape index (κ3) is 35.4. The zero-order valence-corrected chi connectivity index (χ0v) is 30.3. The van der Waals surface area contributed by atoms with Gasteiger partial charge in [-0.1, -0.05) is 131 Å². The third-order valence-corrected chi connectivity index (χ3v) is 7.58. The van der Waals surface area contributed by atoms with Crippen molar-refractivity contribution in [3.05, 3.63) is 85.1 Å². The van der Waals surface area contributed by atoms with Crippen LogP contribution in [0.25, 0.3) is 0 Å². The van der Waals surface area contributed by atoms with Gasteiger partial charge in [0.2, 0.25) is 5.91 Å². The van der Waals surface area contributed by atoms with Crippen LogP contribution in [0.15, 0.2) is 85.1 Å². The molecule has 0 aliphatic heterocycles. The maximum Gasteiger partial charge on any atom is 0.322 e. The quantitative estimate of drug-likeness (QED) is 0.0424. The molecule has 0 fully saturated rings. The molecular weight excluding hydrogens is 598 g/mol. The number of aliphatic carboxylic acids is 1. The summed E-state index contributed by atoms with van der Waals surface area (Å²) in [6.07, 6.45) is 49.9. The summed E-state index contributed by atoms with van der Waals surface area (Å²) in [4.78, 5) is 34.8. The Morgan fingerprint density at radius 3 is 1.67 bits per heavy atom. The van der Waals surface area contributed by atoms with E-state index in [2.05, 4.69) is 92.1 Å². The standard InChI is InChI=1S/C42H67NO5/c1-3-5-7-9-11-13-15-16-17-18-20-22-24-29-33-37-42(47)48-39(34-30-26-23-21-19-14-12-10-8-6-4-2)35-31-27-25-28-32-36-40(44)43-38-41(45)46/h5,7,11-14,16-17,20-23,29,33,39H,3-4,6,8-10,15,18-19,24-28,30-32,34-38H2,1-2H3,(H,43,44)(H,45,46)/b7-5-,13-11-,14-12-,17-16-,22-20-,23-21-,33-29-. The Morgan fingerprint density at radius 2 is 1.08 bits per heavy atom. The molecule has 0 aliphatic rings. The van der Waals surface area contributed by atoms with E-state index < -0.39 is 5.97 Å². The van der Waals surface area contributed by atoms with Gasteiger partial charge in [-0.3, -0.25) is 14.4 Å². The van der Waals surface area contributed by atoms with Gasteiger partial charge in [0.25, 0.3) is 0 Å². The molecule has 1 unspecified atom stereocenters. The Bertz CT molecular complexity index is 1000. The lowest BCUT2D eigenvalue weighted by Gasteiger charge is -2.17. The van der Waals surface area contributed by atoms with E-state index in [1.807, 2.05) is 12.2 Å². The molecule has 48 heavy (non-hydrogen) atoms. The fourth-order valence-corrected chi connectivity index (χ4v) is 4.86. The summed E-state index contributed by atoms with van der Waals surface area (Å²) < 4.78 is 5.90. The largest absolute Gasteiger partial charge is 0.480 e. The van der Waals surface area contributed by atoms with Crippen molar-refractivity contribution < 1.29 is 24.2 Å². The fourth-order valence-electron chi connectivity index (χ4n) is 4.86. The van der Waals surface area contributed by atoms with E-state index >= 15 is 0 Å². The highest BCUT2D eigenvalue weighted by atomic mass is 16.5. The fraction of sp³-hybridized carbons (Fsp3) is 0.595. The number of hydrogen-bond acceptors (Lipinski definition) is 4. The van der Waals surface area contributed by atoms with E-state index in [1.54, 1.807) is 0 Å². The molecule has 0 heterocycles. The molecule has 0 aromatic heterocycles. The number of carboxylic acid groups (broad SMARTS) is 1. The summed E-state index contributed by atoms with van der Waals surface area (Å²) in [5.41, 5.74) is 0. The van der Waals surface area contributed by atoms with Crippen molar-refractivity contribution >= 4 is 17.8 Å². The first kappa shape index (κ1) is 44.6. The molecule has 0 rings (SSSR count). The summed E-state index contributed by atoms with van der Waals surface area (Å²) in [5, 5.41) is 11.0. The first-order valence-electron chi connectivity index (χ1n) is 18.7. The first-order valence-corrected chi connectivity index (χ1v) is 18.7. The van der Waals surface area contributed by atoms with Crippen molar-refractivity contribution in [2.75, 3.05) is 6.54 Å². The predicted octanol–water partition coefficient (Wildman–Crippen LogP) is 11.2. The van der Waals surface area contributed by atoms with Crippen molar-refractivity contribution in [3.8, 4) is 0 Å². The maximum atomic E-state index is 12.6. The van der Waals surface area contributed by atoms with Gasteiger partial charge in [0.1, 0.15) is 12.6 Å². The van der Waals surface area contributed by atoms with Crippen molar-refractivity contribution in [2.24, 2.45) is 0 Å². The molecule has 0 bridgehead atoms. The Morgan fingerprint density at radius 1 is 0.583 bits per heavy atom. The molecule has 0 aromatic rings. The highest BCUT2D eigenvalue weighted by Crippen LogP contribution is 2.16. The minimum absolute atomic E-state index is 0.0751. The number of ether oxygens (including phenoxy) is 1. The van der Waals surface area contributed by atoms with Crippen LogP contribution < -0.4 is 5.32 Å². The molecule has 1 amide bonds. The first-order chi connectivity index (χ1) is 23.5. The summed E-state index contributed by atoms with van der Waals surface area (Å²) >= 11 is 0. The predicted molar refractivity (Wildman–Crippen MR) is 203 cm³/mol. The molecule has 6 heteroatoms. The minimum Gasteiger partial charge on any atom is -0.480 e. The van der Waals surface area contributed by atoms with Crippen LogP contribution in [0.3, 0.4) is 0 Å². The van der Waals surface area contributed by atoms with Gasteiger partial charge in [0.15, 0.2) is 0 Å². The van der Waals surface area contributed by atoms with Crippen molar-refractivity contribution in [2.45, 2.75) is 155 Å². The van der Waals surface area contributed by atoms with E-state index in [0.29, 0.717) is 12.8 Å². The number of allylic oxidation sites excluding steroid dienone is 13. The summed E-state index contributed by atoms with van der Waals surface area (Å²) in [5.74, 6) is -1.41. The van der Waals surface area contributed by atoms with E-state index in [0.717, 1.165) is 103 Å². The number of nitrogens with one attached hydrogen (secondary N) is 1. The number of amides is 1. The van der Waals surface area contributed by atoms with E-state index in [-0.39, 0.29) is 24.5 Å². The van der Waals surface area contributed by atoms with E-state index in [4.69, 9.17) is 9.84 Å². The summed E-state index contributed by atoms with van der Waals surface area (Å²) in [6.45, 7) is 4.04. The van der Waals surface area contributed by atoms with Crippen LogP contribution in [-0.2, 0) is 19.1 Å². The smallest absolute Gasteiger partial charge is 0.322 e. The van der Waals surface area contributed by atoms with Crippen molar-refractivity contribution in [1.82, 2.24) is 5.32 Å². The topological polar surface area (TPSA) is 92.7 Å². The number of carbonyl (C=O) groups excluding carboxylic acids is 2. The van der Waals surface area contributed by atoms with Crippen LogP contribution in [0.5, 0.6) is 0 Å². The number of carboxylic acids is 1. The Labute approximate surface area is 293 Å². The third-order valence-electron chi connectivity index (χ3n) is 7.58. The number of esters is 1. The normalized spacial score (nSPS) is 13.0. The van der Waals surface area contributed by atoms with Crippen LogP contribution in [0.4, 0.5) is 0 Å². The molecule has 6 nitrogen and oxygen atoms in total. The number of hydrogen-bond donors (Lipinski definition) is 2. The molecule has 270 valence electrons. The summed E-state index contributed by atoms with van der Waals surface area (Å²) in [6, 6.07) is 0. The molecule has 1 atom stereocenters. The highest BCUT2D eigenvalue weighted by Gasteiger charge is 2.13. The van der Waals surface area contributed by atoms with Gasteiger partial charge in [-0.2, -0.15) is 0 Å². The summed E-state index contributed by atoms with van der Waals surface area (Å²) in [7, 11) is 0. The average molecular weight is 666 g/mol. The molecule has 0 spiro atoms. The monoisotopic (exact) mass is 666 g/mol. The molecule has 0 saturated heterocycles. The Hall–Kier alpha value is -3.41. The van der Waals surface area contributed by atoms with E-state index in [9.17, 15) is 14.4 Å². The minimum atomic E-state index is -1.03. The molecule has 0 aliphatic carbocycles. The average Bonchev–Trinajstić information content (AvgIpc) is 3.07. The van der Waals surface area contributed by atoms with Gasteiger partial charge in [0.05, 0.1) is 6.42 Å². The second-order valence-corrected chi connectivity index (χ2v) is 12.1. The van der Waals surface area contributed by atoms with Gasteiger partial charge in [-0.05, 0) is 89.9 Å². The molecule has 0 aromatic carbocycles. The highest BCUT2D eigenvalue weighted by molar-refractivity contribution is 5.80. The number of rotatable bonds is 32. The second-order valence-electron chi connectivity index (χ2n) is 12.1. The van der Waals surface area contributed by atoms with E-state index in [1.165, 1.54) is 19.3 Å². The van der Waals surface area contributed by atoms with Gasteiger partial charge in [-0.25, -0.2) is 0 Å². The van der Waals surface area contributed by atoms with Crippen LogP contribution >= 0.6 is 0 Å². The maximum absolute atomic E-state index is 12.6. The lowest BCUT2D eigenvalue weighted by atomic mass is 10.0. The van der Waals surface area contributed by atoms with Crippen molar-refractivity contribution in [3.63, 3.8) is 0 Å².